The van der Waals surface area contributed by atoms with Crippen LogP contribution in [0.5, 0.6) is 0 Å². The van der Waals surface area contributed by atoms with Crippen LogP contribution >= 0.6 is 0 Å². The van der Waals surface area contributed by atoms with E-state index in [0.717, 1.165) is 25.7 Å². The van der Waals surface area contributed by atoms with Gasteiger partial charge in [0.2, 0.25) is 0 Å². The van der Waals surface area contributed by atoms with Crippen LogP contribution in [0.3, 0.4) is 0 Å². The van der Waals surface area contributed by atoms with E-state index in [1.807, 2.05) is 20.8 Å². The predicted octanol–water partition coefficient (Wildman–Crippen LogP) is 5.26. The third kappa shape index (κ3) is 6.80. The molecule has 0 amide bonds. The summed E-state index contributed by atoms with van der Waals surface area (Å²) in [6.07, 6.45) is 5.06. The van der Waals surface area contributed by atoms with Gasteiger partial charge in [0.25, 0.3) is 0 Å². The van der Waals surface area contributed by atoms with Crippen molar-refractivity contribution in [1.82, 2.24) is 0 Å². The Bertz CT molecular complexity index is 385. The van der Waals surface area contributed by atoms with Crippen molar-refractivity contribution < 1.29 is 19.3 Å². The van der Waals surface area contributed by atoms with Gasteiger partial charge in [0.05, 0.1) is 0 Å². The Morgan fingerprint density at radius 1 is 1.04 bits per heavy atom. The summed E-state index contributed by atoms with van der Waals surface area (Å²) in [5, 5.41) is 0. The van der Waals surface area contributed by atoms with Crippen LogP contribution < -0.4 is 0 Å². The average Bonchev–Trinajstić information content (AvgIpc) is 3.11. The molecule has 4 nitrogen and oxygen atoms in total. The zero-order valence-electron chi connectivity index (χ0n) is 16.3. The molecule has 0 aromatic carbocycles. The Hall–Kier alpha value is -0.610. The van der Waals surface area contributed by atoms with Crippen molar-refractivity contribution in [2.45, 2.75) is 98.9 Å². The summed E-state index contributed by atoms with van der Waals surface area (Å²) in [5.41, 5.74) is -0.204. The lowest BCUT2D eigenvalue weighted by atomic mass is 9.81. The molecule has 1 aliphatic heterocycles. The van der Waals surface area contributed by atoms with Gasteiger partial charge in [0, 0.05) is 5.92 Å². The molecular formula is C19H36O4. The molecule has 2 atom stereocenters. The Morgan fingerprint density at radius 3 is 2.00 bits per heavy atom. The van der Waals surface area contributed by atoms with Gasteiger partial charge in [-0.25, -0.2) is 4.79 Å². The molecule has 0 radical (unpaired) electrons. The molecule has 2 unspecified atom stereocenters. The van der Waals surface area contributed by atoms with Gasteiger partial charge in [-0.1, -0.05) is 47.5 Å². The summed E-state index contributed by atoms with van der Waals surface area (Å²) < 4.78 is 5.49. The van der Waals surface area contributed by atoms with Crippen LogP contribution in [0.15, 0.2) is 0 Å². The Kier molecular flexibility index (Phi) is 6.68. The van der Waals surface area contributed by atoms with Crippen LogP contribution in [0.25, 0.3) is 0 Å². The Morgan fingerprint density at radius 2 is 1.61 bits per heavy atom. The molecule has 0 aromatic rings. The number of carbonyl (C=O) groups excluding carboxylic acids is 1. The molecule has 136 valence electrons. The molecule has 0 aromatic heterocycles. The smallest absolute Gasteiger partial charge is 0.373 e. The quantitative estimate of drug-likeness (QED) is 0.347. The topological polar surface area (TPSA) is 51.4 Å². The number of hydrogen-bond acceptors (Lipinski definition) is 4. The SMILES string of the molecule is CCCC(CCC(C)CC(C)(C)C)C1(C(=O)OC(C)(C)C)OO1. The van der Waals surface area contributed by atoms with Gasteiger partial charge in [-0.15, -0.1) is 0 Å². The molecule has 0 saturated carbocycles. The fourth-order valence-corrected chi connectivity index (χ4v) is 3.27. The molecule has 0 N–H and O–H groups in total. The molecule has 1 fully saturated rings. The zero-order chi connectivity index (χ0) is 17.9. The lowest BCUT2D eigenvalue weighted by Gasteiger charge is -2.27. The molecule has 1 rings (SSSR count). The van der Waals surface area contributed by atoms with E-state index in [-0.39, 0.29) is 11.9 Å². The minimum atomic E-state index is -1.16. The largest absolute Gasteiger partial charge is 0.456 e. The van der Waals surface area contributed by atoms with E-state index in [9.17, 15) is 4.79 Å². The van der Waals surface area contributed by atoms with Crippen molar-refractivity contribution in [2.75, 3.05) is 0 Å². The van der Waals surface area contributed by atoms with Crippen LogP contribution in [0.2, 0.25) is 0 Å². The maximum atomic E-state index is 12.5. The maximum Gasteiger partial charge on any atom is 0.373 e. The van der Waals surface area contributed by atoms with E-state index >= 15 is 0 Å². The number of carbonyl (C=O) groups is 1. The summed E-state index contributed by atoms with van der Waals surface area (Å²) in [6, 6.07) is 0. The monoisotopic (exact) mass is 328 g/mol. The van der Waals surface area contributed by atoms with Crippen molar-refractivity contribution in [3.8, 4) is 0 Å². The van der Waals surface area contributed by atoms with Gasteiger partial charge < -0.3 is 4.74 Å². The molecule has 0 spiro atoms. The molecule has 0 bridgehead atoms. The number of ether oxygens (including phenoxy) is 1. The number of hydrogen-bond donors (Lipinski definition) is 0. The fraction of sp³-hybridized carbons (Fsp3) is 0.947. The summed E-state index contributed by atoms with van der Waals surface area (Å²) in [4.78, 5) is 22.8. The van der Waals surface area contributed by atoms with Crippen molar-refractivity contribution >= 4 is 5.97 Å². The standard InChI is InChI=1S/C19H36O4/c1-9-10-15(12-11-14(2)13-17(3,4)5)19(22-23-19)16(20)21-18(6,7)8/h14-15H,9-13H2,1-8H3. The summed E-state index contributed by atoms with van der Waals surface area (Å²) in [5.74, 6) is -0.870. The Balaban J connectivity index is 2.65. The summed E-state index contributed by atoms with van der Waals surface area (Å²) >= 11 is 0. The van der Waals surface area contributed by atoms with Crippen molar-refractivity contribution in [3.63, 3.8) is 0 Å². The molecule has 1 aliphatic rings. The van der Waals surface area contributed by atoms with E-state index in [1.165, 1.54) is 6.42 Å². The van der Waals surface area contributed by atoms with E-state index in [2.05, 4.69) is 34.6 Å². The van der Waals surface area contributed by atoms with Crippen molar-refractivity contribution in [3.05, 3.63) is 0 Å². The van der Waals surface area contributed by atoms with Crippen molar-refractivity contribution in [2.24, 2.45) is 17.3 Å². The van der Waals surface area contributed by atoms with Gasteiger partial charge in [-0.3, -0.25) is 0 Å². The molecule has 1 heterocycles. The van der Waals surface area contributed by atoms with E-state index < -0.39 is 11.4 Å². The van der Waals surface area contributed by atoms with Gasteiger partial charge in [0.15, 0.2) is 0 Å². The van der Waals surface area contributed by atoms with Gasteiger partial charge in [0.1, 0.15) is 5.60 Å². The van der Waals surface area contributed by atoms with Gasteiger partial charge in [-0.2, -0.15) is 9.78 Å². The first-order chi connectivity index (χ1) is 10.4. The second-order valence-corrected chi connectivity index (χ2v) is 9.27. The minimum absolute atomic E-state index is 0.0600. The lowest BCUT2D eigenvalue weighted by molar-refractivity contribution is -0.165. The Labute approximate surface area is 142 Å². The highest BCUT2D eigenvalue weighted by atomic mass is 17.4. The molecule has 4 heteroatoms. The van der Waals surface area contributed by atoms with Crippen LogP contribution in [-0.4, -0.2) is 17.4 Å². The molecular weight excluding hydrogens is 292 g/mol. The van der Waals surface area contributed by atoms with Crippen LogP contribution in [0.4, 0.5) is 0 Å². The number of rotatable bonds is 8. The minimum Gasteiger partial charge on any atom is -0.456 e. The maximum absolute atomic E-state index is 12.5. The van der Waals surface area contributed by atoms with Gasteiger partial charge >= 0.3 is 11.8 Å². The highest BCUT2D eigenvalue weighted by Crippen LogP contribution is 2.45. The summed E-state index contributed by atoms with van der Waals surface area (Å²) in [7, 11) is 0. The fourth-order valence-electron chi connectivity index (χ4n) is 3.27. The first kappa shape index (κ1) is 20.4. The van der Waals surface area contributed by atoms with Crippen LogP contribution in [0.1, 0.15) is 87.5 Å². The first-order valence-corrected chi connectivity index (χ1v) is 9.00. The second kappa shape index (κ2) is 7.52. The van der Waals surface area contributed by atoms with Crippen LogP contribution in [-0.2, 0) is 19.3 Å². The normalized spacial score (nSPS) is 20.0. The third-order valence-corrected chi connectivity index (χ3v) is 4.09. The van der Waals surface area contributed by atoms with E-state index in [0.29, 0.717) is 11.3 Å². The number of esters is 1. The zero-order valence-corrected chi connectivity index (χ0v) is 16.3. The van der Waals surface area contributed by atoms with Crippen LogP contribution in [0, 0.1) is 17.3 Å². The highest BCUT2D eigenvalue weighted by molar-refractivity contribution is 5.80. The predicted molar refractivity (Wildman–Crippen MR) is 91.6 cm³/mol. The van der Waals surface area contributed by atoms with E-state index in [4.69, 9.17) is 14.5 Å². The second-order valence-electron chi connectivity index (χ2n) is 9.27. The summed E-state index contributed by atoms with van der Waals surface area (Å²) in [6.45, 7) is 16.8. The highest BCUT2D eigenvalue weighted by Gasteiger charge is 2.63. The molecule has 1 saturated heterocycles. The molecule has 23 heavy (non-hydrogen) atoms. The van der Waals surface area contributed by atoms with Gasteiger partial charge in [-0.05, 0) is 51.4 Å². The lowest BCUT2D eigenvalue weighted by Crippen LogP contribution is -2.39. The van der Waals surface area contributed by atoms with E-state index in [1.54, 1.807) is 0 Å². The van der Waals surface area contributed by atoms with Crippen molar-refractivity contribution in [1.29, 1.82) is 0 Å². The first-order valence-electron chi connectivity index (χ1n) is 9.00. The average molecular weight is 328 g/mol. The third-order valence-electron chi connectivity index (χ3n) is 4.09. The molecule has 0 aliphatic carbocycles.